The molecule has 0 aliphatic rings. The molecule has 3 rings (SSSR count). The molecule has 3 aromatic rings. The Hall–Kier alpha value is -1.59. The van der Waals surface area contributed by atoms with E-state index in [0.717, 1.165) is 38.2 Å². The number of fused-ring (bicyclic) bond motifs is 1. The van der Waals surface area contributed by atoms with E-state index in [4.69, 9.17) is 10.2 Å². The van der Waals surface area contributed by atoms with Gasteiger partial charge in [-0.2, -0.15) is 5.10 Å². The summed E-state index contributed by atoms with van der Waals surface area (Å²) in [6, 6.07) is 7.63. The van der Waals surface area contributed by atoms with Crippen molar-refractivity contribution in [2.45, 2.75) is 19.9 Å². The average Bonchev–Trinajstić information content (AvgIpc) is 2.91. The van der Waals surface area contributed by atoms with E-state index in [0.29, 0.717) is 0 Å². The van der Waals surface area contributed by atoms with E-state index in [-0.39, 0.29) is 6.04 Å². The fourth-order valence-electron chi connectivity index (χ4n) is 2.57. The first-order chi connectivity index (χ1) is 9.47. The first-order valence-corrected chi connectivity index (χ1v) is 7.21. The Bertz CT molecular complexity index is 788. The number of hydrogen-bond donors (Lipinski definition) is 1. The third-order valence-electron chi connectivity index (χ3n) is 3.68. The minimum atomic E-state index is -0.296. The number of furan rings is 1. The molecule has 2 heterocycles. The summed E-state index contributed by atoms with van der Waals surface area (Å²) in [7, 11) is 1.92. The number of halogens is 1. The number of hydrogen-bond acceptors (Lipinski definition) is 3. The molecule has 104 valence electrons. The average molecular weight is 334 g/mol. The van der Waals surface area contributed by atoms with Crippen molar-refractivity contribution in [3.05, 3.63) is 51.4 Å². The largest absolute Gasteiger partial charge is 0.459 e. The summed E-state index contributed by atoms with van der Waals surface area (Å²) in [5, 5.41) is 5.46. The molecule has 0 radical (unpaired) electrons. The highest BCUT2D eigenvalue weighted by Crippen LogP contribution is 2.30. The van der Waals surface area contributed by atoms with Gasteiger partial charge in [0.2, 0.25) is 0 Å². The molecule has 0 bridgehead atoms. The number of aryl methyl sites for hydroxylation is 2. The maximum Gasteiger partial charge on any atom is 0.134 e. The lowest BCUT2D eigenvalue weighted by Crippen LogP contribution is -2.13. The Morgan fingerprint density at radius 1 is 1.30 bits per heavy atom. The molecular weight excluding hydrogens is 318 g/mol. The molecule has 2 aromatic heterocycles. The van der Waals surface area contributed by atoms with Crippen molar-refractivity contribution in [1.82, 2.24) is 9.78 Å². The molecule has 0 saturated heterocycles. The molecule has 1 atom stereocenters. The molecule has 0 spiro atoms. The fraction of sp³-hybridized carbons (Fsp3) is 0.267. The lowest BCUT2D eigenvalue weighted by Gasteiger charge is -2.09. The van der Waals surface area contributed by atoms with Crippen molar-refractivity contribution < 1.29 is 4.42 Å². The zero-order valence-electron chi connectivity index (χ0n) is 11.6. The topological polar surface area (TPSA) is 57.0 Å². The third-order valence-corrected chi connectivity index (χ3v) is 4.17. The summed E-state index contributed by atoms with van der Waals surface area (Å²) in [5.41, 5.74) is 10.3. The zero-order valence-corrected chi connectivity index (χ0v) is 13.2. The second-order valence-corrected chi connectivity index (χ2v) is 5.93. The van der Waals surface area contributed by atoms with Crippen LogP contribution in [0.25, 0.3) is 11.0 Å². The maximum absolute atomic E-state index is 6.37. The van der Waals surface area contributed by atoms with Crippen LogP contribution in [0.3, 0.4) is 0 Å². The van der Waals surface area contributed by atoms with E-state index in [1.165, 1.54) is 0 Å². The number of nitrogens with two attached hydrogens (primary N) is 1. The quantitative estimate of drug-likeness (QED) is 0.779. The van der Waals surface area contributed by atoms with Gasteiger partial charge in [-0.25, -0.2) is 0 Å². The van der Waals surface area contributed by atoms with Crippen LogP contribution in [0.2, 0.25) is 0 Å². The van der Waals surface area contributed by atoms with E-state index >= 15 is 0 Å². The van der Waals surface area contributed by atoms with Gasteiger partial charge in [0.25, 0.3) is 0 Å². The fourth-order valence-corrected chi connectivity index (χ4v) is 2.95. The van der Waals surface area contributed by atoms with E-state index in [2.05, 4.69) is 21.0 Å². The van der Waals surface area contributed by atoms with Crippen LogP contribution in [0.1, 0.15) is 28.8 Å². The Kier molecular flexibility index (Phi) is 3.18. The van der Waals surface area contributed by atoms with Gasteiger partial charge in [-0.05, 0) is 38.1 Å². The Balaban J connectivity index is 2.10. The highest BCUT2D eigenvalue weighted by atomic mass is 79.9. The molecular formula is C15H16BrN3O. The van der Waals surface area contributed by atoms with Crippen LogP contribution in [0.5, 0.6) is 0 Å². The van der Waals surface area contributed by atoms with Crippen molar-refractivity contribution >= 4 is 26.9 Å². The van der Waals surface area contributed by atoms with Crippen molar-refractivity contribution in [3.8, 4) is 0 Å². The first kappa shape index (κ1) is 13.4. The lowest BCUT2D eigenvalue weighted by molar-refractivity contribution is 0.523. The van der Waals surface area contributed by atoms with E-state index in [1.807, 2.05) is 49.8 Å². The van der Waals surface area contributed by atoms with Crippen molar-refractivity contribution in [2.24, 2.45) is 12.8 Å². The SMILES string of the molecule is Cc1nn(C)c(C)c1C(N)c1cc2cc(Br)ccc2o1. The molecule has 0 fully saturated rings. The van der Waals surface area contributed by atoms with Crippen molar-refractivity contribution in [1.29, 1.82) is 0 Å². The zero-order chi connectivity index (χ0) is 14.4. The second kappa shape index (κ2) is 4.75. The van der Waals surface area contributed by atoms with Gasteiger partial charge in [-0.3, -0.25) is 4.68 Å². The Labute approximate surface area is 125 Å². The molecule has 1 aromatic carbocycles. The van der Waals surface area contributed by atoms with Gasteiger partial charge in [0.1, 0.15) is 11.3 Å². The number of nitrogens with zero attached hydrogens (tertiary/aromatic N) is 2. The number of benzene rings is 1. The van der Waals surface area contributed by atoms with Crippen molar-refractivity contribution in [2.75, 3.05) is 0 Å². The summed E-state index contributed by atoms with van der Waals surface area (Å²) in [4.78, 5) is 0. The maximum atomic E-state index is 6.37. The van der Waals surface area contributed by atoms with Gasteiger partial charge in [-0.15, -0.1) is 0 Å². The van der Waals surface area contributed by atoms with Crippen LogP contribution >= 0.6 is 15.9 Å². The van der Waals surface area contributed by atoms with Crippen molar-refractivity contribution in [3.63, 3.8) is 0 Å². The predicted octanol–water partition coefficient (Wildman–Crippen LogP) is 3.59. The minimum Gasteiger partial charge on any atom is -0.459 e. The molecule has 0 saturated carbocycles. The number of rotatable bonds is 2. The van der Waals surface area contributed by atoms with Crippen LogP contribution in [0, 0.1) is 13.8 Å². The van der Waals surface area contributed by atoms with Gasteiger partial charge in [0.15, 0.2) is 0 Å². The van der Waals surface area contributed by atoms with Gasteiger partial charge < -0.3 is 10.2 Å². The van der Waals surface area contributed by atoms with Crippen LogP contribution in [0.4, 0.5) is 0 Å². The third kappa shape index (κ3) is 2.07. The summed E-state index contributed by atoms with van der Waals surface area (Å²) in [5.74, 6) is 0.761. The second-order valence-electron chi connectivity index (χ2n) is 5.02. The molecule has 0 amide bonds. The predicted molar refractivity (Wildman–Crippen MR) is 82.6 cm³/mol. The van der Waals surface area contributed by atoms with Crippen LogP contribution in [0.15, 0.2) is 33.2 Å². The monoisotopic (exact) mass is 333 g/mol. The summed E-state index contributed by atoms with van der Waals surface area (Å²) in [6.07, 6.45) is 0. The molecule has 1 unspecified atom stereocenters. The minimum absolute atomic E-state index is 0.296. The first-order valence-electron chi connectivity index (χ1n) is 6.42. The standard InChI is InChI=1S/C15H16BrN3O/c1-8-14(9(2)19(3)18-8)15(17)13-7-10-6-11(16)4-5-12(10)20-13/h4-7,15H,17H2,1-3H3. The van der Waals surface area contributed by atoms with E-state index in [9.17, 15) is 0 Å². The Morgan fingerprint density at radius 2 is 2.05 bits per heavy atom. The summed E-state index contributed by atoms with van der Waals surface area (Å²) < 4.78 is 8.75. The molecule has 4 nitrogen and oxygen atoms in total. The van der Waals surface area contributed by atoms with Gasteiger partial charge in [0.05, 0.1) is 11.7 Å². The Morgan fingerprint density at radius 3 is 2.70 bits per heavy atom. The molecule has 2 N–H and O–H groups in total. The van der Waals surface area contributed by atoms with Crippen LogP contribution in [-0.4, -0.2) is 9.78 Å². The molecule has 0 aliphatic heterocycles. The van der Waals surface area contributed by atoms with Crippen LogP contribution in [-0.2, 0) is 7.05 Å². The van der Waals surface area contributed by atoms with Gasteiger partial charge in [-0.1, -0.05) is 15.9 Å². The summed E-state index contributed by atoms with van der Waals surface area (Å²) in [6.45, 7) is 4.00. The van der Waals surface area contributed by atoms with Gasteiger partial charge >= 0.3 is 0 Å². The van der Waals surface area contributed by atoms with E-state index < -0.39 is 0 Å². The van der Waals surface area contributed by atoms with Gasteiger partial charge in [0, 0.05) is 28.2 Å². The normalized spacial score (nSPS) is 13.1. The number of aromatic nitrogens is 2. The molecule has 0 aliphatic carbocycles. The highest BCUT2D eigenvalue weighted by molar-refractivity contribution is 9.10. The lowest BCUT2D eigenvalue weighted by atomic mass is 10.0. The van der Waals surface area contributed by atoms with Crippen LogP contribution < -0.4 is 5.73 Å². The molecule has 20 heavy (non-hydrogen) atoms. The van der Waals surface area contributed by atoms with E-state index in [1.54, 1.807) is 0 Å². The summed E-state index contributed by atoms with van der Waals surface area (Å²) >= 11 is 3.46. The molecule has 5 heteroatoms. The smallest absolute Gasteiger partial charge is 0.134 e. The highest BCUT2D eigenvalue weighted by Gasteiger charge is 2.21.